The molecule has 0 unspecified atom stereocenters. The molecule has 0 atom stereocenters. The van der Waals surface area contributed by atoms with Gasteiger partial charge >= 0.3 is 0 Å². The summed E-state index contributed by atoms with van der Waals surface area (Å²) in [5, 5.41) is 3.02. The van der Waals surface area contributed by atoms with Crippen LogP contribution in [0, 0.1) is 11.6 Å². The SMILES string of the molecule is COc1cccc2cc(C(=O)Nc3ccc(F)cc3F)oc12. The lowest BCUT2D eigenvalue weighted by molar-refractivity contribution is 0.0998. The lowest BCUT2D eigenvalue weighted by Gasteiger charge is -2.04. The van der Waals surface area contributed by atoms with E-state index in [9.17, 15) is 13.6 Å². The van der Waals surface area contributed by atoms with Gasteiger partial charge in [-0.2, -0.15) is 0 Å². The Morgan fingerprint density at radius 2 is 2.00 bits per heavy atom. The number of methoxy groups -OCH3 is 1. The van der Waals surface area contributed by atoms with Crippen LogP contribution in [0.3, 0.4) is 0 Å². The van der Waals surface area contributed by atoms with Crippen LogP contribution in [0.4, 0.5) is 14.5 Å². The van der Waals surface area contributed by atoms with Gasteiger partial charge in [-0.15, -0.1) is 0 Å². The van der Waals surface area contributed by atoms with Gasteiger partial charge < -0.3 is 14.5 Å². The van der Waals surface area contributed by atoms with Gasteiger partial charge in [0.05, 0.1) is 12.8 Å². The van der Waals surface area contributed by atoms with E-state index in [0.717, 1.165) is 12.1 Å². The van der Waals surface area contributed by atoms with E-state index in [1.807, 2.05) is 0 Å². The molecule has 1 heterocycles. The minimum Gasteiger partial charge on any atom is -0.493 e. The predicted molar refractivity (Wildman–Crippen MR) is 77.1 cm³/mol. The third kappa shape index (κ3) is 2.50. The number of halogens is 2. The zero-order chi connectivity index (χ0) is 15.7. The van der Waals surface area contributed by atoms with E-state index in [-0.39, 0.29) is 11.4 Å². The van der Waals surface area contributed by atoms with E-state index in [2.05, 4.69) is 5.32 Å². The first-order chi connectivity index (χ1) is 10.6. The van der Waals surface area contributed by atoms with Crippen LogP contribution >= 0.6 is 0 Å². The zero-order valence-electron chi connectivity index (χ0n) is 11.5. The summed E-state index contributed by atoms with van der Waals surface area (Å²) < 4.78 is 37.0. The molecular formula is C16H11F2NO3. The first-order valence-corrected chi connectivity index (χ1v) is 6.41. The van der Waals surface area contributed by atoms with Crippen LogP contribution in [0.5, 0.6) is 5.75 Å². The minimum atomic E-state index is -0.859. The highest BCUT2D eigenvalue weighted by Crippen LogP contribution is 2.29. The number of hydrogen-bond acceptors (Lipinski definition) is 3. The molecule has 6 heteroatoms. The molecule has 112 valence electrons. The number of para-hydroxylation sites is 1. The van der Waals surface area contributed by atoms with E-state index in [4.69, 9.17) is 9.15 Å². The van der Waals surface area contributed by atoms with Crippen LogP contribution in [-0.2, 0) is 0 Å². The molecule has 22 heavy (non-hydrogen) atoms. The molecule has 2 aromatic carbocycles. The number of amides is 1. The van der Waals surface area contributed by atoms with Gasteiger partial charge in [0, 0.05) is 11.5 Å². The second-order valence-corrected chi connectivity index (χ2v) is 4.57. The summed E-state index contributed by atoms with van der Waals surface area (Å²) in [4.78, 5) is 12.1. The van der Waals surface area contributed by atoms with E-state index in [0.29, 0.717) is 22.8 Å². The van der Waals surface area contributed by atoms with Crippen molar-refractivity contribution in [2.75, 3.05) is 12.4 Å². The molecule has 0 aliphatic rings. The molecule has 3 rings (SSSR count). The summed E-state index contributed by atoms with van der Waals surface area (Å²) in [5.74, 6) is -1.72. The van der Waals surface area contributed by atoms with Crippen molar-refractivity contribution in [3.63, 3.8) is 0 Å². The fourth-order valence-corrected chi connectivity index (χ4v) is 2.08. The Bertz CT molecular complexity index is 858. The van der Waals surface area contributed by atoms with Gasteiger partial charge in [0.25, 0.3) is 5.91 Å². The Labute approximate surface area is 124 Å². The number of ether oxygens (including phenoxy) is 1. The largest absolute Gasteiger partial charge is 0.493 e. The van der Waals surface area contributed by atoms with E-state index >= 15 is 0 Å². The maximum Gasteiger partial charge on any atom is 0.291 e. The van der Waals surface area contributed by atoms with Crippen LogP contribution in [0.1, 0.15) is 10.6 Å². The van der Waals surface area contributed by atoms with Crippen LogP contribution in [-0.4, -0.2) is 13.0 Å². The number of hydrogen-bond donors (Lipinski definition) is 1. The third-order valence-corrected chi connectivity index (χ3v) is 3.13. The molecule has 3 aromatic rings. The number of furan rings is 1. The Balaban J connectivity index is 1.92. The number of carbonyl (C=O) groups is 1. The number of anilines is 1. The molecule has 0 aliphatic carbocycles. The van der Waals surface area contributed by atoms with Crippen LogP contribution in [0.25, 0.3) is 11.0 Å². The second kappa shape index (κ2) is 5.48. The van der Waals surface area contributed by atoms with Gasteiger partial charge in [-0.25, -0.2) is 8.78 Å². The van der Waals surface area contributed by atoms with Crippen molar-refractivity contribution in [2.45, 2.75) is 0 Å². The van der Waals surface area contributed by atoms with Crippen molar-refractivity contribution < 1.29 is 22.7 Å². The van der Waals surface area contributed by atoms with Crippen molar-refractivity contribution in [1.82, 2.24) is 0 Å². The lowest BCUT2D eigenvalue weighted by atomic mass is 10.2. The standard InChI is InChI=1S/C16H11F2NO3/c1-21-13-4-2-3-9-7-14(22-15(9)13)16(20)19-12-6-5-10(17)8-11(12)18/h2-8H,1H3,(H,19,20). The normalized spacial score (nSPS) is 10.7. The maximum absolute atomic E-state index is 13.5. The lowest BCUT2D eigenvalue weighted by Crippen LogP contribution is -2.12. The molecule has 0 fully saturated rings. The first kappa shape index (κ1) is 14.1. The Morgan fingerprint density at radius 3 is 2.73 bits per heavy atom. The number of rotatable bonds is 3. The van der Waals surface area contributed by atoms with Gasteiger partial charge in [0.15, 0.2) is 17.1 Å². The second-order valence-electron chi connectivity index (χ2n) is 4.57. The number of carbonyl (C=O) groups excluding carboxylic acids is 1. The molecule has 0 bridgehead atoms. The van der Waals surface area contributed by atoms with Gasteiger partial charge in [-0.1, -0.05) is 12.1 Å². The van der Waals surface area contributed by atoms with Gasteiger partial charge in [0.1, 0.15) is 11.6 Å². The monoisotopic (exact) mass is 303 g/mol. The molecule has 0 saturated heterocycles. The average molecular weight is 303 g/mol. The van der Waals surface area contributed by atoms with E-state index in [1.54, 1.807) is 18.2 Å². The summed E-state index contributed by atoms with van der Waals surface area (Å²) >= 11 is 0. The molecule has 4 nitrogen and oxygen atoms in total. The van der Waals surface area contributed by atoms with E-state index < -0.39 is 17.5 Å². The van der Waals surface area contributed by atoms with Crippen molar-refractivity contribution in [2.24, 2.45) is 0 Å². The third-order valence-electron chi connectivity index (χ3n) is 3.13. The Kier molecular flexibility index (Phi) is 3.50. The molecule has 0 saturated carbocycles. The summed E-state index contributed by atoms with van der Waals surface area (Å²) in [6.45, 7) is 0. The summed E-state index contributed by atoms with van der Waals surface area (Å²) in [5.41, 5.74) is 0.300. The molecular weight excluding hydrogens is 292 g/mol. The summed E-state index contributed by atoms with van der Waals surface area (Å²) in [6, 6.07) is 9.64. The van der Waals surface area contributed by atoms with Crippen LogP contribution < -0.4 is 10.1 Å². The number of nitrogens with one attached hydrogen (secondary N) is 1. The van der Waals surface area contributed by atoms with Crippen LogP contribution in [0.2, 0.25) is 0 Å². The van der Waals surface area contributed by atoms with Gasteiger partial charge in [-0.05, 0) is 24.3 Å². The van der Waals surface area contributed by atoms with Gasteiger partial charge in [-0.3, -0.25) is 4.79 Å². The fourth-order valence-electron chi connectivity index (χ4n) is 2.08. The van der Waals surface area contributed by atoms with Crippen molar-refractivity contribution in [3.8, 4) is 5.75 Å². The van der Waals surface area contributed by atoms with Crippen molar-refractivity contribution in [3.05, 3.63) is 59.9 Å². The van der Waals surface area contributed by atoms with Crippen molar-refractivity contribution in [1.29, 1.82) is 0 Å². The molecule has 0 radical (unpaired) electrons. The molecule has 0 spiro atoms. The fraction of sp³-hybridized carbons (Fsp3) is 0.0625. The van der Waals surface area contributed by atoms with Gasteiger partial charge in [0.2, 0.25) is 0 Å². The molecule has 1 aromatic heterocycles. The predicted octanol–water partition coefficient (Wildman–Crippen LogP) is 3.97. The van der Waals surface area contributed by atoms with Crippen LogP contribution in [0.15, 0.2) is 46.9 Å². The quantitative estimate of drug-likeness (QED) is 0.796. The zero-order valence-corrected chi connectivity index (χ0v) is 11.5. The average Bonchev–Trinajstić information content (AvgIpc) is 2.94. The maximum atomic E-state index is 13.5. The Morgan fingerprint density at radius 1 is 1.18 bits per heavy atom. The highest BCUT2D eigenvalue weighted by atomic mass is 19.1. The van der Waals surface area contributed by atoms with E-state index in [1.165, 1.54) is 13.2 Å². The number of fused-ring (bicyclic) bond motifs is 1. The van der Waals surface area contributed by atoms with Crippen molar-refractivity contribution >= 4 is 22.6 Å². The topological polar surface area (TPSA) is 51.5 Å². The number of benzene rings is 2. The minimum absolute atomic E-state index is 0.00299. The molecule has 1 amide bonds. The molecule has 0 aliphatic heterocycles. The smallest absolute Gasteiger partial charge is 0.291 e. The first-order valence-electron chi connectivity index (χ1n) is 6.41. The molecule has 1 N–H and O–H groups in total. The Hall–Kier alpha value is -2.89. The summed E-state index contributed by atoms with van der Waals surface area (Å²) in [6.07, 6.45) is 0. The summed E-state index contributed by atoms with van der Waals surface area (Å²) in [7, 11) is 1.49. The highest BCUT2D eigenvalue weighted by molar-refractivity contribution is 6.05. The highest BCUT2D eigenvalue weighted by Gasteiger charge is 2.16.